The molecule has 24 heavy (non-hydrogen) atoms. The molecule has 1 radical (unpaired) electrons. The Labute approximate surface area is 143 Å². The molecule has 1 aliphatic rings. The van der Waals surface area contributed by atoms with Crippen LogP contribution in [-0.2, 0) is 15.9 Å². The van der Waals surface area contributed by atoms with Gasteiger partial charge in [0, 0.05) is 25.2 Å². The highest BCUT2D eigenvalue weighted by atomic mass is 19.1. The number of ether oxygens (including phenoxy) is 1. The van der Waals surface area contributed by atoms with Gasteiger partial charge >= 0.3 is 7.48 Å². The van der Waals surface area contributed by atoms with Gasteiger partial charge in [0.25, 0.3) is 0 Å². The molecule has 7 heteroatoms. The predicted octanol–water partition coefficient (Wildman–Crippen LogP) is 1.61. The molecule has 4 nitrogen and oxygen atoms in total. The van der Waals surface area contributed by atoms with Crippen molar-refractivity contribution in [1.82, 2.24) is 4.90 Å². The van der Waals surface area contributed by atoms with Crippen molar-refractivity contribution in [1.29, 1.82) is 0 Å². The van der Waals surface area contributed by atoms with E-state index in [1.54, 1.807) is 27.7 Å². The zero-order valence-corrected chi connectivity index (χ0v) is 14.7. The molecule has 133 valence electrons. The van der Waals surface area contributed by atoms with E-state index >= 15 is 0 Å². The van der Waals surface area contributed by atoms with Crippen LogP contribution in [0.3, 0.4) is 0 Å². The third-order valence-corrected chi connectivity index (χ3v) is 4.61. The van der Waals surface area contributed by atoms with E-state index in [2.05, 4.69) is 0 Å². The first-order chi connectivity index (χ1) is 11.1. The topological polar surface area (TPSA) is 41.9 Å². The molecule has 0 amide bonds. The van der Waals surface area contributed by atoms with Gasteiger partial charge in [-0.25, -0.2) is 8.78 Å². The smallest absolute Gasteiger partial charge is 0.331 e. The highest BCUT2D eigenvalue weighted by Crippen LogP contribution is 2.24. The first-order valence-electron chi connectivity index (χ1n) is 8.11. The zero-order valence-electron chi connectivity index (χ0n) is 14.7. The first kappa shape index (κ1) is 19.3. The highest BCUT2D eigenvalue weighted by molar-refractivity contribution is 6.47. The van der Waals surface area contributed by atoms with Crippen molar-refractivity contribution in [3.63, 3.8) is 0 Å². The Kier molecular flexibility index (Phi) is 6.02. The van der Waals surface area contributed by atoms with Crippen LogP contribution in [0.4, 0.5) is 8.78 Å². The molecular weight excluding hydrogens is 315 g/mol. The van der Waals surface area contributed by atoms with E-state index in [1.807, 2.05) is 4.90 Å². The van der Waals surface area contributed by atoms with Crippen LogP contribution in [0.5, 0.6) is 0 Å². The highest BCUT2D eigenvalue weighted by Gasteiger charge is 2.35. The van der Waals surface area contributed by atoms with Crippen molar-refractivity contribution < 1.29 is 23.3 Å². The average molecular weight is 340 g/mol. The average Bonchev–Trinajstić information content (AvgIpc) is 2.49. The van der Waals surface area contributed by atoms with Crippen molar-refractivity contribution in [2.75, 3.05) is 26.3 Å². The number of halogens is 2. The second-order valence-corrected chi connectivity index (χ2v) is 7.16. The first-order valence-corrected chi connectivity index (χ1v) is 8.11. The van der Waals surface area contributed by atoms with Gasteiger partial charge in [-0.3, -0.25) is 4.90 Å². The Morgan fingerprint density at radius 1 is 1.17 bits per heavy atom. The molecule has 1 saturated heterocycles. The molecule has 1 aliphatic heterocycles. The number of rotatable bonds is 6. The molecule has 1 heterocycles. The van der Waals surface area contributed by atoms with Crippen molar-refractivity contribution >= 4 is 12.9 Å². The third kappa shape index (κ3) is 4.75. The Hall–Kier alpha value is -1.02. The lowest BCUT2D eigenvalue weighted by Crippen LogP contribution is -2.49. The van der Waals surface area contributed by atoms with Gasteiger partial charge in [0.15, 0.2) is 0 Å². The largest absolute Gasteiger partial charge is 0.427 e. The minimum atomic E-state index is -1.10. The molecule has 0 spiro atoms. The summed E-state index contributed by atoms with van der Waals surface area (Å²) in [6.07, 6.45) is 0. The Morgan fingerprint density at radius 3 is 2.21 bits per heavy atom. The van der Waals surface area contributed by atoms with E-state index in [-0.39, 0.29) is 17.6 Å². The Balaban J connectivity index is 2.06. The van der Waals surface area contributed by atoms with Gasteiger partial charge in [0.05, 0.1) is 24.4 Å². The summed E-state index contributed by atoms with van der Waals surface area (Å²) in [5.41, 5.74) is -1.66. The number of benzene rings is 1. The van der Waals surface area contributed by atoms with Crippen LogP contribution in [0.1, 0.15) is 33.3 Å². The molecule has 0 aromatic heterocycles. The molecule has 1 N–H and O–H groups in total. The third-order valence-electron chi connectivity index (χ3n) is 4.61. The second-order valence-electron chi connectivity index (χ2n) is 7.16. The molecule has 0 aliphatic carbocycles. The summed E-state index contributed by atoms with van der Waals surface area (Å²) in [5, 5.41) is 10.1. The molecule has 0 bridgehead atoms. The fourth-order valence-corrected chi connectivity index (χ4v) is 2.18. The van der Waals surface area contributed by atoms with Gasteiger partial charge in [-0.2, -0.15) is 0 Å². The Morgan fingerprint density at radius 2 is 1.71 bits per heavy atom. The lowest BCUT2D eigenvalue weighted by atomic mass is 9.82. The number of morpholine rings is 1. The van der Waals surface area contributed by atoms with E-state index in [4.69, 9.17) is 9.39 Å². The van der Waals surface area contributed by atoms with E-state index in [1.165, 1.54) is 19.6 Å². The quantitative estimate of drug-likeness (QED) is 0.799. The molecular formula is C17H25BF2NO3. The maximum absolute atomic E-state index is 14.3. The van der Waals surface area contributed by atoms with Gasteiger partial charge in [-0.1, -0.05) is 0 Å². The van der Waals surface area contributed by atoms with Crippen molar-refractivity contribution in [3.8, 4) is 0 Å². The van der Waals surface area contributed by atoms with Crippen molar-refractivity contribution in [2.24, 2.45) is 0 Å². The summed E-state index contributed by atoms with van der Waals surface area (Å²) in [5.74, 6) is -1.20. The van der Waals surface area contributed by atoms with Crippen LogP contribution in [0, 0.1) is 11.6 Å². The van der Waals surface area contributed by atoms with Crippen LogP contribution in [-0.4, -0.2) is 55.0 Å². The Bertz CT molecular complexity index is 546. The lowest BCUT2D eigenvalue weighted by Gasteiger charge is -2.37. The standard InChI is InChI=1S/C17H25BF2NO3/c1-16(2,22)17(3,4)24-18-12-9-14(19)13(15(20)10-12)11-21-5-7-23-8-6-21/h9-10,22H,5-8,11H2,1-4H3. The van der Waals surface area contributed by atoms with E-state index in [9.17, 15) is 13.9 Å². The summed E-state index contributed by atoms with van der Waals surface area (Å²) in [6, 6.07) is 2.50. The summed E-state index contributed by atoms with van der Waals surface area (Å²) >= 11 is 0. The summed E-state index contributed by atoms with van der Waals surface area (Å²) in [6.45, 7) is 9.36. The van der Waals surface area contributed by atoms with Crippen molar-refractivity contribution in [2.45, 2.75) is 45.4 Å². The second kappa shape index (κ2) is 7.48. The lowest BCUT2D eigenvalue weighted by molar-refractivity contribution is -0.0893. The molecule has 0 unspecified atom stereocenters. The van der Waals surface area contributed by atoms with E-state index in [0.717, 1.165) is 0 Å². The molecule has 1 aromatic rings. The summed E-state index contributed by atoms with van der Waals surface area (Å²) < 4.78 is 39.4. The SMILES string of the molecule is CC(C)(O)C(C)(C)O[B]c1cc(F)c(CN2CCOCC2)c(F)c1. The molecule has 1 aromatic carbocycles. The van der Waals surface area contributed by atoms with E-state index in [0.29, 0.717) is 26.3 Å². The molecule has 2 rings (SSSR count). The normalized spacial score (nSPS) is 17.1. The van der Waals surface area contributed by atoms with Gasteiger partial charge < -0.3 is 14.5 Å². The summed E-state index contributed by atoms with van der Waals surface area (Å²) in [4.78, 5) is 1.96. The molecule has 1 fully saturated rings. The minimum Gasteiger partial charge on any atom is -0.427 e. The van der Waals surface area contributed by atoms with Gasteiger partial charge in [-0.15, -0.1) is 0 Å². The number of nitrogens with zero attached hydrogens (tertiary/aromatic N) is 1. The number of hydrogen-bond donors (Lipinski definition) is 1. The molecule has 0 atom stereocenters. The fraction of sp³-hybridized carbons (Fsp3) is 0.647. The minimum absolute atomic E-state index is 0.0517. The van der Waals surface area contributed by atoms with Gasteiger partial charge in [0.1, 0.15) is 11.6 Å². The summed E-state index contributed by atoms with van der Waals surface area (Å²) in [7, 11) is 1.28. The van der Waals surface area contributed by atoms with Crippen LogP contribution in [0.25, 0.3) is 0 Å². The van der Waals surface area contributed by atoms with Gasteiger partial charge in [-0.05, 0) is 45.3 Å². The van der Waals surface area contributed by atoms with Gasteiger partial charge in [0.2, 0.25) is 0 Å². The number of aliphatic hydroxyl groups is 1. The van der Waals surface area contributed by atoms with Crippen LogP contribution >= 0.6 is 0 Å². The zero-order chi connectivity index (χ0) is 18.0. The van der Waals surface area contributed by atoms with Crippen LogP contribution in [0.15, 0.2) is 12.1 Å². The maximum Gasteiger partial charge on any atom is 0.331 e. The number of hydrogen-bond acceptors (Lipinski definition) is 4. The fourth-order valence-electron chi connectivity index (χ4n) is 2.18. The van der Waals surface area contributed by atoms with Crippen LogP contribution < -0.4 is 5.46 Å². The van der Waals surface area contributed by atoms with E-state index < -0.39 is 22.8 Å². The molecule has 0 saturated carbocycles. The van der Waals surface area contributed by atoms with Crippen LogP contribution in [0.2, 0.25) is 0 Å². The van der Waals surface area contributed by atoms with Crippen molar-refractivity contribution in [3.05, 3.63) is 29.3 Å². The maximum atomic E-state index is 14.3. The monoisotopic (exact) mass is 340 g/mol. The predicted molar refractivity (Wildman–Crippen MR) is 89.3 cm³/mol.